The number of thiazole rings is 1. The summed E-state index contributed by atoms with van der Waals surface area (Å²) in [6, 6.07) is 10.4. The number of halogens is 2. The van der Waals surface area contributed by atoms with Crippen molar-refractivity contribution in [1.82, 2.24) is 20.1 Å². The normalized spacial score (nSPS) is 20.2. The van der Waals surface area contributed by atoms with Crippen molar-refractivity contribution in [2.75, 3.05) is 44.7 Å². The fourth-order valence-electron chi connectivity index (χ4n) is 5.92. The number of carboxylic acids is 1. The highest BCUT2D eigenvalue weighted by Gasteiger charge is 2.42. The van der Waals surface area contributed by atoms with Crippen LogP contribution >= 0.6 is 22.9 Å². The van der Waals surface area contributed by atoms with Crippen LogP contribution in [0.3, 0.4) is 0 Å². The highest BCUT2D eigenvalue weighted by molar-refractivity contribution is 7.11. The van der Waals surface area contributed by atoms with E-state index in [4.69, 9.17) is 26.4 Å². The first kappa shape index (κ1) is 30.7. The molecule has 0 unspecified atom stereocenters. The standard InChI is InChI=1S/C31H30ClFN6O5S/c1-44-30(42)26-24(35-28(29-34-10-13-45-29)36-27(26)22-8-5-19(33)14-23(22)32)17-37-11-12-38-21(15-37)16-39(31(38)43)20-6-2-18(3-7-20)4-9-25(40)41/h2-3,5-8,10,13-14,21,27H,4,9,11-12,15-17H2,1H3,(H,35,36)(H,40,41)/t21-,27+/m1/s1. The average Bonchev–Trinajstić information content (AvgIpc) is 3.68. The Morgan fingerprint density at radius 1 is 1.18 bits per heavy atom. The summed E-state index contributed by atoms with van der Waals surface area (Å²) >= 11 is 7.86. The molecule has 234 valence electrons. The first-order valence-corrected chi connectivity index (χ1v) is 15.6. The highest BCUT2D eigenvalue weighted by atomic mass is 35.5. The fourth-order valence-corrected chi connectivity index (χ4v) is 6.77. The van der Waals surface area contributed by atoms with E-state index in [0.717, 1.165) is 11.3 Å². The number of ether oxygens (including phenoxy) is 1. The van der Waals surface area contributed by atoms with Crippen LogP contribution in [0, 0.1) is 5.82 Å². The maximum Gasteiger partial charge on any atom is 0.338 e. The number of amidine groups is 1. The number of methoxy groups -OCH3 is 1. The molecule has 3 aromatic rings. The number of nitrogens with one attached hydrogen (secondary N) is 1. The molecule has 2 aromatic carbocycles. The van der Waals surface area contributed by atoms with E-state index >= 15 is 0 Å². The molecule has 2 atom stereocenters. The third kappa shape index (κ3) is 6.42. The molecule has 3 aliphatic rings. The second-order valence-corrected chi connectivity index (χ2v) is 12.2. The topological polar surface area (TPSA) is 128 Å². The van der Waals surface area contributed by atoms with Crippen LogP contribution in [0.4, 0.5) is 14.9 Å². The van der Waals surface area contributed by atoms with Gasteiger partial charge in [-0.25, -0.2) is 19.0 Å². The number of fused-ring (bicyclic) bond motifs is 1. The van der Waals surface area contributed by atoms with Gasteiger partial charge in [0, 0.05) is 72.7 Å². The molecule has 2 saturated heterocycles. The van der Waals surface area contributed by atoms with Gasteiger partial charge in [0.05, 0.1) is 18.7 Å². The molecule has 0 saturated carbocycles. The molecular weight excluding hydrogens is 623 g/mol. The SMILES string of the molecule is COC(=O)C1=C(CN2CCN3C(=O)N(c4ccc(CCC(=O)O)cc4)C[C@H]3C2)NC(c2nccs2)=N[C@H]1c1ccc(F)cc1Cl. The van der Waals surface area contributed by atoms with E-state index in [0.29, 0.717) is 61.2 Å². The average molecular weight is 653 g/mol. The number of piperazine rings is 1. The summed E-state index contributed by atoms with van der Waals surface area (Å²) < 4.78 is 19.2. The lowest BCUT2D eigenvalue weighted by Gasteiger charge is -2.38. The number of carbonyl (C=O) groups is 3. The van der Waals surface area contributed by atoms with Crippen LogP contribution in [0.2, 0.25) is 5.02 Å². The molecule has 11 nitrogen and oxygen atoms in total. The lowest BCUT2D eigenvalue weighted by molar-refractivity contribution is -0.137. The summed E-state index contributed by atoms with van der Waals surface area (Å²) in [7, 11) is 1.30. The number of amides is 2. The number of nitrogens with zero attached hydrogens (tertiary/aromatic N) is 5. The minimum Gasteiger partial charge on any atom is -0.481 e. The molecule has 0 spiro atoms. The van der Waals surface area contributed by atoms with E-state index in [9.17, 15) is 18.8 Å². The molecule has 45 heavy (non-hydrogen) atoms. The molecule has 0 aliphatic carbocycles. The molecule has 2 fully saturated rings. The van der Waals surface area contributed by atoms with Crippen LogP contribution in [0.25, 0.3) is 0 Å². The predicted molar refractivity (Wildman–Crippen MR) is 167 cm³/mol. The number of benzene rings is 2. The molecule has 4 heterocycles. The van der Waals surface area contributed by atoms with Crippen LogP contribution in [-0.4, -0.2) is 89.6 Å². The maximum atomic E-state index is 14.0. The Morgan fingerprint density at radius 2 is 1.98 bits per heavy atom. The number of esters is 1. The van der Waals surface area contributed by atoms with Gasteiger partial charge in [-0.05, 0) is 36.2 Å². The lowest BCUT2D eigenvalue weighted by atomic mass is 9.95. The maximum absolute atomic E-state index is 14.0. The van der Waals surface area contributed by atoms with Gasteiger partial charge in [-0.15, -0.1) is 11.3 Å². The first-order valence-electron chi connectivity index (χ1n) is 14.3. The van der Waals surface area contributed by atoms with Gasteiger partial charge in [0.15, 0.2) is 10.8 Å². The third-order valence-electron chi connectivity index (χ3n) is 8.12. The Balaban J connectivity index is 1.24. The quantitative estimate of drug-likeness (QED) is 0.331. The molecule has 1 aromatic heterocycles. The van der Waals surface area contributed by atoms with Gasteiger partial charge in [0.25, 0.3) is 0 Å². The van der Waals surface area contributed by atoms with Crippen LogP contribution in [0.1, 0.15) is 28.6 Å². The summed E-state index contributed by atoms with van der Waals surface area (Å²) in [4.78, 5) is 52.5. The summed E-state index contributed by atoms with van der Waals surface area (Å²) in [6.07, 6.45) is 2.13. The van der Waals surface area contributed by atoms with Gasteiger partial charge < -0.3 is 20.1 Å². The van der Waals surface area contributed by atoms with Gasteiger partial charge in [-0.3, -0.25) is 19.6 Å². The summed E-state index contributed by atoms with van der Waals surface area (Å²) in [5.41, 5.74) is 2.95. The van der Waals surface area contributed by atoms with Crippen molar-refractivity contribution in [2.45, 2.75) is 24.9 Å². The Morgan fingerprint density at radius 3 is 2.67 bits per heavy atom. The van der Waals surface area contributed by atoms with Crippen LogP contribution < -0.4 is 10.2 Å². The number of aryl methyl sites for hydroxylation is 1. The number of carboxylic acid groups (broad SMARTS) is 1. The summed E-state index contributed by atoms with van der Waals surface area (Å²) in [6.45, 7) is 2.44. The van der Waals surface area contributed by atoms with Crippen molar-refractivity contribution >= 4 is 52.4 Å². The van der Waals surface area contributed by atoms with Gasteiger partial charge in [0.1, 0.15) is 11.9 Å². The lowest BCUT2D eigenvalue weighted by Crippen LogP contribution is -2.53. The molecular formula is C31H30ClFN6O5S. The number of aliphatic carboxylic acids is 1. The minimum atomic E-state index is -0.857. The molecule has 6 rings (SSSR count). The number of urea groups is 1. The number of aliphatic imine (C=N–C) groups is 1. The van der Waals surface area contributed by atoms with Crippen molar-refractivity contribution in [3.05, 3.63) is 92.3 Å². The largest absolute Gasteiger partial charge is 0.481 e. The van der Waals surface area contributed by atoms with E-state index in [1.807, 2.05) is 34.5 Å². The highest BCUT2D eigenvalue weighted by Crippen LogP contribution is 2.37. The monoisotopic (exact) mass is 652 g/mol. The molecule has 0 bridgehead atoms. The second-order valence-electron chi connectivity index (χ2n) is 10.9. The second kappa shape index (κ2) is 13.0. The van der Waals surface area contributed by atoms with Crippen LogP contribution in [0.15, 0.2) is 70.3 Å². The number of hydrogen-bond donors (Lipinski definition) is 2. The van der Waals surface area contributed by atoms with Gasteiger partial charge in [-0.2, -0.15) is 0 Å². The smallest absolute Gasteiger partial charge is 0.338 e. The Bertz CT molecular complexity index is 1680. The van der Waals surface area contributed by atoms with Crippen LogP contribution in [-0.2, 0) is 20.7 Å². The van der Waals surface area contributed by atoms with Crippen LogP contribution in [0.5, 0.6) is 0 Å². The Labute approximate surface area is 267 Å². The zero-order valence-electron chi connectivity index (χ0n) is 24.3. The van der Waals surface area contributed by atoms with Gasteiger partial charge in [0.2, 0.25) is 0 Å². The van der Waals surface area contributed by atoms with Gasteiger partial charge >= 0.3 is 18.0 Å². The van der Waals surface area contributed by atoms with Gasteiger partial charge in [-0.1, -0.05) is 29.8 Å². The van der Waals surface area contributed by atoms with E-state index in [1.54, 1.807) is 11.1 Å². The number of carbonyl (C=O) groups excluding carboxylic acids is 2. The zero-order chi connectivity index (χ0) is 31.7. The number of anilines is 1. The number of hydrogen-bond acceptors (Lipinski definition) is 9. The Hall–Kier alpha value is -4.33. The third-order valence-corrected chi connectivity index (χ3v) is 9.22. The van der Waals surface area contributed by atoms with E-state index < -0.39 is 23.8 Å². The van der Waals surface area contributed by atoms with E-state index in [-0.39, 0.29) is 29.1 Å². The summed E-state index contributed by atoms with van der Waals surface area (Å²) in [5.74, 6) is -1.48. The number of aromatic nitrogens is 1. The van der Waals surface area contributed by atoms with Crippen molar-refractivity contribution in [2.24, 2.45) is 4.99 Å². The first-order chi connectivity index (χ1) is 21.7. The van der Waals surface area contributed by atoms with E-state index in [2.05, 4.69) is 15.2 Å². The molecule has 2 amide bonds. The summed E-state index contributed by atoms with van der Waals surface area (Å²) in [5, 5.41) is 14.9. The molecule has 14 heteroatoms. The molecule has 0 radical (unpaired) electrons. The molecule has 2 N–H and O–H groups in total. The van der Waals surface area contributed by atoms with Crippen molar-refractivity contribution in [1.29, 1.82) is 0 Å². The predicted octanol–water partition coefficient (Wildman–Crippen LogP) is 4.10. The van der Waals surface area contributed by atoms with Crippen molar-refractivity contribution in [3.8, 4) is 0 Å². The Kier molecular flexibility index (Phi) is 8.83. The number of rotatable bonds is 9. The minimum absolute atomic E-state index is 0.0472. The fraction of sp³-hybridized carbons (Fsp3) is 0.323. The van der Waals surface area contributed by atoms with Crippen molar-refractivity contribution < 1.29 is 28.6 Å². The molecule has 3 aliphatic heterocycles. The zero-order valence-corrected chi connectivity index (χ0v) is 25.9. The van der Waals surface area contributed by atoms with E-state index in [1.165, 1.54) is 36.6 Å². The van der Waals surface area contributed by atoms with Crippen molar-refractivity contribution in [3.63, 3.8) is 0 Å².